The van der Waals surface area contributed by atoms with E-state index in [0.29, 0.717) is 5.69 Å². The zero-order valence-corrected chi connectivity index (χ0v) is 13.9. The summed E-state index contributed by atoms with van der Waals surface area (Å²) in [5.41, 5.74) is 1.51. The van der Waals surface area contributed by atoms with Gasteiger partial charge in [0.2, 0.25) is 0 Å². The van der Waals surface area contributed by atoms with Crippen molar-refractivity contribution in [2.45, 2.75) is 37.9 Å². The van der Waals surface area contributed by atoms with Gasteiger partial charge in [-0.25, -0.2) is 18.7 Å². The van der Waals surface area contributed by atoms with Crippen LogP contribution >= 0.6 is 0 Å². The van der Waals surface area contributed by atoms with Crippen LogP contribution in [0.15, 0.2) is 36.8 Å². The van der Waals surface area contributed by atoms with E-state index in [4.69, 9.17) is 4.74 Å². The van der Waals surface area contributed by atoms with Gasteiger partial charge in [-0.05, 0) is 24.6 Å². The predicted octanol–water partition coefficient (Wildman–Crippen LogP) is 1.88. The zero-order chi connectivity index (χ0) is 18.4. The van der Waals surface area contributed by atoms with E-state index < -0.39 is 30.4 Å². The van der Waals surface area contributed by atoms with Crippen LogP contribution in [0.25, 0.3) is 11.0 Å². The fourth-order valence-corrected chi connectivity index (χ4v) is 3.36. The molecule has 1 aliphatic heterocycles. The van der Waals surface area contributed by atoms with Crippen LogP contribution in [0.4, 0.5) is 8.78 Å². The number of fused-ring (bicyclic) bond motifs is 1. The van der Waals surface area contributed by atoms with Gasteiger partial charge in [0.1, 0.15) is 30.0 Å². The molecule has 0 spiro atoms. The number of rotatable bonds is 3. The van der Waals surface area contributed by atoms with Crippen LogP contribution in [0, 0.1) is 18.6 Å². The normalized spacial score (nSPS) is 25.9. The van der Waals surface area contributed by atoms with Gasteiger partial charge in [-0.3, -0.25) is 0 Å². The number of benzene rings is 1. The topological polar surface area (TPSA) is 80.4 Å². The molecule has 1 aliphatic rings. The van der Waals surface area contributed by atoms with Gasteiger partial charge in [0, 0.05) is 12.6 Å². The Kier molecular flexibility index (Phi) is 4.18. The van der Waals surface area contributed by atoms with Crippen LogP contribution in [-0.2, 0) is 11.2 Å². The van der Waals surface area contributed by atoms with Gasteiger partial charge in [-0.1, -0.05) is 12.1 Å². The van der Waals surface area contributed by atoms with Crippen molar-refractivity contribution in [1.82, 2.24) is 14.5 Å². The standard InChI is InChI=1S/C18H17F2N3O3/c1-9-14-12(20)7-23(17(14)22-8-21-9)18-16(25)15(24)13(26-18)6-10-2-4-11(19)5-3-10/h2-5,7-8,13,15-16,18,24-25H,6H2,1H3/t13-,15-,16-,18-/m1/s1. The fraction of sp³-hybridized carbons (Fsp3) is 0.333. The number of nitrogens with zero attached hydrogens (tertiary/aromatic N) is 3. The van der Waals surface area contributed by atoms with Gasteiger partial charge >= 0.3 is 0 Å². The van der Waals surface area contributed by atoms with Crippen LogP contribution in [0.5, 0.6) is 0 Å². The van der Waals surface area contributed by atoms with E-state index in [1.54, 1.807) is 19.1 Å². The zero-order valence-electron chi connectivity index (χ0n) is 13.9. The first-order chi connectivity index (χ1) is 12.5. The van der Waals surface area contributed by atoms with Crippen LogP contribution in [0.3, 0.4) is 0 Å². The number of aliphatic hydroxyl groups excluding tert-OH is 2. The quantitative estimate of drug-likeness (QED) is 0.745. The van der Waals surface area contributed by atoms with Gasteiger partial charge in [-0.15, -0.1) is 0 Å². The second-order valence-corrected chi connectivity index (χ2v) is 6.42. The van der Waals surface area contributed by atoms with E-state index in [1.807, 2.05) is 0 Å². The molecule has 4 rings (SSSR count). The van der Waals surface area contributed by atoms with E-state index in [0.717, 1.165) is 5.56 Å². The molecule has 8 heteroatoms. The van der Waals surface area contributed by atoms with E-state index in [1.165, 1.54) is 29.2 Å². The van der Waals surface area contributed by atoms with Gasteiger partial charge in [0.25, 0.3) is 0 Å². The Morgan fingerprint density at radius 3 is 2.58 bits per heavy atom. The van der Waals surface area contributed by atoms with Crippen LogP contribution in [-0.4, -0.2) is 43.1 Å². The molecule has 1 aromatic carbocycles. The Hall–Kier alpha value is -2.42. The highest BCUT2D eigenvalue weighted by Crippen LogP contribution is 2.34. The monoisotopic (exact) mass is 361 g/mol. The smallest absolute Gasteiger partial charge is 0.164 e. The Labute approximate surface area is 147 Å². The lowest BCUT2D eigenvalue weighted by Gasteiger charge is -2.17. The summed E-state index contributed by atoms with van der Waals surface area (Å²) in [6, 6.07) is 5.82. The first-order valence-corrected chi connectivity index (χ1v) is 8.19. The molecular formula is C18H17F2N3O3. The molecule has 0 bridgehead atoms. The Balaban J connectivity index is 1.64. The van der Waals surface area contributed by atoms with Gasteiger partial charge in [-0.2, -0.15) is 0 Å². The number of hydrogen-bond acceptors (Lipinski definition) is 5. The molecule has 3 aromatic rings. The van der Waals surface area contributed by atoms with E-state index in [9.17, 15) is 19.0 Å². The van der Waals surface area contributed by atoms with Crippen molar-refractivity contribution in [3.05, 3.63) is 59.7 Å². The highest BCUT2D eigenvalue weighted by Gasteiger charge is 2.44. The number of ether oxygens (including phenoxy) is 1. The lowest BCUT2D eigenvalue weighted by atomic mass is 10.0. The molecule has 6 nitrogen and oxygen atoms in total. The van der Waals surface area contributed by atoms with E-state index in [-0.39, 0.29) is 23.3 Å². The van der Waals surface area contributed by atoms with Crippen molar-refractivity contribution >= 4 is 11.0 Å². The highest BCUT2D eigenvalue weighted by atomic mass is 19.1. The molecule has 0 saturated carbocycles. The second-order valence-electron chi connectivity index (χ2n) is 6.42. The fourth-order valence-electron chi connectivity index (χ4n) is 3.36. The average Bonchev–Trinajstić information content (AvgIpc) is 3.09. The van der Waals surface area contributed by atoms with E-state index >= 15 is 0 Å². The molecule has 0 unspecified atom stereocenters. The summed E-state index contributed by atoms with van der Waals surface area (Å²) < 4.78 is 34.5. The van der Waals surface area contributed by atoms with Gasteiger partial charge in [0.05, 0.1) is 17.2 Å². The van der Waals surface area contributed by atoms with Crippen LogP contribution in [0.2, 0.25) is 0 Å². The SMILES string of the molecule is Cc1ncnc2c1c(F)cn2[C@@H]1O[C@H](Cc2ccc(F)cc2)[C@@H](O)[C@H]1O. The maximum atomic E-state index is 14.3. The summed E-state index contributed by atoms with van der Waals surface area (Å²) >= 11 is 0. The third-order valence-electron chi connectivity index (χ3n) is 4.71. The van der Waals surface area contributed by atoms with Crippen molar-refractivity contribution in [3.8, 4) is 0 Å². The molecule has 0 aliphatic carbocycles. The molecule has 1 saturated heterocycles. The Bertz CT molecular complexity index is 945. The van der Waals surface area contributed by atoms with Crippen molar-refractivity contribution < 1.29 is 23.7 Å². The third kappa shape index (κ3) is 2.76. The summed E-state index contributed by atoms with van der Waals surface area (Å²) in [6.45, 7) is 1.66. The number of aliphatic hydroxyl groups is 2. The lowest BCUT2D eigenvalue weighted by molar-refractivity contribution is -0.0344. The lowest BCUT2D eigenvalue weighted by Crippen LogP contribution is -2.32. The van der Waals surface area contributed by atoms with Crippen molar-refractivity contribution in [2.75, 3.05) is 0 Å². The molecule has 136 valence electrons. The molecule has 2 N–H and O–H groups in total. The largest absolute Gasteiger partial charge is 0.388 e. The molecule has 26 heavy (non-hydrogen) atoms. The Morgan fingerprint density at radius 2 is 1.85 bits per heavy atom. The predicted molar refractivity (Wildman–Crippen MR) is 88.3 cm³/mol. The first kappa shape index (κ1) is 17.0. The minimum Gasteiger partial charge on any atom is -0.388 e. The summed E-state index contributed by atoms with van der Waals surface area (Å²) in [7, 11) is 0. The van der Waals surface area contributed by atoms with Crippen molar-refractivity contribution in [2.24, 2.45) is 0 Å². The number of hydrogen-bond donors (Lipinski definition) is 2. The van der Waals surface area contributed by atoms with E-state index in [2.05, 4.69) is 9.97 Å². The minimum atomic E-state index is -1.26. The second kappa shape index (κ2) is 6.39. The maximum absolute atomic E-state index is 14.3. The molecule has 2 aromatic heterocycles. The number of halogens is 2. The molecule has 4 atom stereocenters. The summed E-state index contributed by atoms with van der Waals surface area (Å²) in [5, 5.41) is 21.0. The Morgan fingerprint density at radius 1 is 1.12 bits per heavy atom. The summed E-state index contributed by atoms with van der Waals surface area (Å²) in [5.74, 6) is -0.880. The summed E-state index contributed by atoms with van der Waals surface area (Å²) in [4.78, 5) is 8.06. The summed E-state index contributed by atoms with van der Waals surface area (Å²) in [6.07, 6.45) is -1.36. The molecule has 0 amide bonds. The van der Waals surface area contributed by atoms with Crippen molar-refractivity contribution in [1.29, 1.82) is 0 Å². The molecule has 1 fully saturated rings. The molecular weight excluding hydrogens is 344 g/mol. The van der Waals surface area contributed by atoms with Gasteiger partial charge < -0.3 is 19.5 Å². The van der Waals surface area contributed by atoms with Crippen LogP contribution < -0.4 is 0 Å². The average molecular weight is 361 g/mol. The number of aromatic nitrogens is 3. The van der Waals surface area contributed by atoms with Gasteiger partial charge in [0.15, 0.2) is 12.0 Å². The third-order valence-corrected chi connectivity index (χ3v) is 4.71. The highest BCUT2D eigenvalue weighted by molar-refractivity contribution is 5.79. The minimum absolute atomic E-state index is 0.250. The van der Waals surface area contributed by atoms with Crippen molar-refractivity contribution in [3.63, 3.8) is 0 Å². The molecule has 3 heterocycles. The first-order valence-electron chi connectivity index (χ1n) is 8.19. The maximum Gasteiger partial charge on any atom is 0.164 e. The molecule has 0 radical (unpaired) electrons. The van der Waals surface area contributed by atoms with Crippen LogP contribution in [0.1, 0.15) is 17.5 Å². The number of aryl methyl sites for hydroxylation is 1.